The number of pyridine rings is 1. The van der Waals surface area contributed by atoms with E-state index in [4.69, 9.17) is 9.84 Å². The van der Waals surface area contributed by atoms with Gasteiger partial charge in [-0.1, -0.05) is 31.2 Å². The fourth-order valence-corrected chi connectivity index (χ4v) is 3.60. The summed E-state index contributed by atoms with van der Waals surface area (Å²) >= 11 is 0. The predicted octanol–water partition coefficient (Wildman–Crippen LogP) is 2.12. The van der Waals surface area contributed by atoms with E-state index in [-0.39, 0.29) is 17.9 Å². The van der Waals surface area contributed by atoms with E-state index in [0.717, 1.165) is 35.7 Å². The van der Waals surface area contributed by atoms with E-state index in [1.165, 1.54) is 6.92 Å². The van der Waals surface area contributed by atoms with Gasteiger partial charge in [0.05, 0.1) is 18.6 Å². The van der Waals surface area contributed by atoms with Gasteiger partial charge in [0.15, 0.2) is 0 Å². The van der Waals surface area contributed by atoms with Gasteiger partial charge in [-0.3, -0.25) is 14.4 Å². The minimum absolute atomic E-state index is 0.128. The molecule has 2 aromatic heterocycles. The molecule has 11 nitrogen and oxygen atoms in total. The molecule has 1 fully saturated rings. The molecule has 1 aromatic carbocycles. The molecule has 11 heteroatoms. The lowest BCUT2D eigenvalue weighted by molar-refractivity contribution is -0.140. The molecule has 3 aromatic rings. The zero-order chi connectivity index (χ0) is 25.9. The lowest BCUT2D eigenvalue weighted by Gasteiger charge is -2.19. The van der Waals surface area contributed by atoms with Crippen molar-refractivity contribution in [2.24, 2.45) is 5.92 Å². The highest BCUT2D eigenvalue weighted by molar-refractivity contribution is 5.98. The summed E-state index contributed by atoms with van der Waals surface area (Å²) in [6.07, 6.45) is 4.25. The number of carbonyl (C=O) groups is 3. The van der Waals surface area contributed by atoms with E-state index in [0.29, 0.717) is 5.88 Å². The third-order valence-electron chi connectivity index (χ3n) is 6.03. The molecule has 0 bridgehead atoms. The standard InChI is InChI=1S/C25H25N5O6/c1-14(24(34)35)11-28-23(33)20-27-13-18(21(31)29-20)22(32)30-25(9-10-25)17-6-3-15(4-7-17)16-5-8-19(36-2)26-12-16/h3-8,12-14H,9-11H2,1-2H3,(H,28,33)(H,30,32)(H,34,35)(H,27,29,31). The monoisotopic (exact) mass is 491 g/mol. The average Bonchev–Trinajstić information content (AvgIpc) is 3.67. The zero-order valence-electron chi connectivity index (χ0n) is 19.7. The topological polar surface area (TPSA) is 164 Å². The van der Waals surface area contributed by atoms with Crippen molar-refractivity contribution in [1.82, 2.24) is 25.6 Å². The number of aliphatic carboxylic acids is 1. The van der Waals surface area contributed by atoms with Crippen molar-refractivity contribution in [3.05, 3.63) is 65.7 Å². The Morgan fingerprint density at radius 1 is 1.03 bits per heavy atom. The largest absolute Gasteiger partial charge is 0.493 e. The van der Waals surface area contributed by atoms with Crippen LogP contribution in [0.2, 0.25) is 0 Å². The molecular weight excluding hydrogens is 466 g/mol. The number of aromatic nitrogens is 3. The number of nitrogens with zero attached hydrogens (tertiary/aromatic N) is 3. The maximum Gasteiger partial charge on any atom is 0.308 e. The highest BCUT2D eigenvalue weighted by Gasteiger charge is 2.46. The Hall–Kier alpha value is -4.54. The van der Waals surface area contributed by atoms with E-state index in [1.807, 2.05) is 30.3 Å². The van der Waals surface area contributed by atoms with Gasteiger partial charge in [0, 0.05) is 30.6 Å². The minimum Gasteiger partial charge on any atom is -0.493 e. The third kappa shape index (κ3) is 5.24. The second kappa shape index (κ2) is 9.98. The summed E-state index contributed by atoms with van der Waals surface area (Å²) in [5.74, 6) is -3.67. The number of carbonyl (C=O) groups excluding carboxylic acids is 2. The summed E-state index contributed by atoms with van der Waals surface area (Å²) in [4.78, 5) is 47.7. The maximum atomic E-state index is 12.9. The quantitative estimate of drug-likeness (QED) is 0.351. The van der Waals surface area contributed by atoms with Crippen molar-refractivity contribution in [2.45, 2.75) is 25.3 Å². The van der Waals surface area contributed by atoms with Gasteiger partial charge in [-0.05, 0) is 30.0 Å². The van der Waals surface area contributed by atoms with Crippen LogP contribution in [0, 0.1) is 5.92 Å². The number of amides is 2. The second-order valence-corrected chi connectivity index (χ2v) is 8.58. The first-order valence-electron chi connectivity index (χ1n) is 11.2. The molecule has 0 spiro atoms. The molecule has 186 valence electrons. The molecule has 1 aliphatic rings. The van der Waals surface area contributed by atoms with Crippen molar-refractivity contribution >= 4 is 17.8 Å². The number of hydrogen-bond donors (Lipinski definition) is 4. The van der Waals surface area contributed by atoms with E-state index in [2.05, 4.69) is 25.6 Å². The fourth-order valence-electron chi connectivity index (χ4n) is 3.60. The molecule has 4 rings (SSSR count). The Morgan fingerprint density at radius 2 is 1.72 bits per heavy atom. The highest BCUT2D eigenvalue weighted by atomic mass is 16.5. The summed E-state index contributed by atoms with van der Waals surface area (Å²) in [7, 11) is 1.56. The van der Waals surface area contributed by atoms with Gasteiger partial charge in [-0.2, -0.15) is 4.98 Å². The number of aromatic hydroxyl groups is 1. The molecule has 0 radical (unpaired) electrons. The summed E-state index contributed by atoms with van der Waals surface area (Å²) in [5.41, 5.74) is 2.08. The average molecular weight is 492 g/mol. The Balaban J connectivity index is 1.42. The number of ether oxygens (including phenoxy) is 1. The molecule has 0 aliphatic heterocycles. The maximum absolute atomic E-state index is 12.9. The van der Waals surface area contributed by atoms with Crippen molar-refractivity contribution in [3.8, 4) is 22.9 Å². The van der Waals surface area contributed by atoms with Gasteiger partial charge in [0.25, 0.3) is 11.8 Å². The van der Waals surface area contributed by atoms with Crippen molar-refractivity contribution < 1.29 is 29.3 Å². The number of benzene rings is 1. The van der Waals surface area contributed by atoms with Crippen LogP contribution in [-0.2, 0) is 10.3 Å². The molecule has 4 N–H and O–H groups in total. The number of hydrogen-bond acceptors (Lipinski definition) is 8. The molecule has 1 aliphatic carbocycles. The van der Waals surface area contributed by atoms with Crippen LogP contribution >= 0.6 is 0 Å². The van der Waals surface area contributed by atoms with Crippen LogP contribution in [0.3, 0.4) is 0 Å². The Bertz CT molecular complexity index is 1290. The van der Waals surface area contributed by atoms with Crippen LogP contribution in [-0.4, -0.2) is 56.6 Å². The zero-order valence-corrected chi connectivity index (χ0v) is 19.7. The smallest absolute Gasteiger partial charge is 0.308 e. The minimum atomic E-state index is -1.06. The van der Waals surface area contributed by atoms with Crippen molar-refractivity contribution in [3.63, 3.8) is 0 Å². The Kier molecular flexibility index (Phi) is 6.82. The first-order valence-corrected chi connectivity index (χ1v) is 11.2. The van der Waals surface area contributed by atoms with E-state index in [1.54, 1.807) is 19.4 Å². The normalized spacial score (nSPS) is 14.4. The molecule has 36 heavy (non-hydrogen) atoms. The molecule has 1 saturated carbocycles. The SMILES string of the molecule is COc1ccc(-c2ccc(C3(NC(=O)c4cnc(C(=O)NCC(C)C(=O)O)nc4O)CC3)cc2)cn1. The molecule has 2 heterocycles. The first kappa shape index (κ1) is 24.6. The lowest BCUT2D eigenvalue weighted by atomic mass is 10.00. The molecule has 2 amide bonds. The van der Waals surface area contributed by atoms with Crippen LogP contribution in [0.15, 0.2) is 48.8 Å². The van der Waals surface area contributed by atoms with E-state index in [9.17, 15) is 19.5 Å². The van der Waals surface area contributed by atoms with E-state index < -0.39 is 35.1 Å². The van der Waals surface area contributed by atoms with Gasteiger partial charge < -0.3 is 25.6 Å². The molecular formula is C25H25N5O6. The van der Waals surface area contributed by atoms with Gasteiger partial charge in [-0.15, -0.1) is 0 Å². The summed E-state index contributed by atoms with van der Waals surface area (Å²) in [6.45, 7) is 1.31. The van der Waals surface area contributed by atoms with Crippen LogP contribution in [0.25, 0.3) is 11.1 Å². The Morgan fingerprint density at radius 3 is 2.28 bits per heavy atom. The van der Waals surface area contributed by atoms with Crippen LogP contribution in [0.5, 0.6) is 11.8 Å². The summed E-state index contributed by atoms with van der Waals surface area (Å²) in [6, 6.07) is 11.5. The van der Waals surface area contributed by atoms with Gasteiger partial charge >= 0.3 is 5.97 Å². The van der Waals surface area contributed by atoms with Crippen LogP contribution in [0.4, 0.5) is 0 Å². The lowest BCUT2D eigenvalue weighted by Crippen LogP contribution is -2.35. The van der Waals surface area contributed by atoms with Gasteiger partial charge in [0.1, 0.15) is 5.56 Å². The molecule has 1 unspecified atom stereocenters. The van der Waals surface area contributed by atoms with Gasteiger partial charge in [0.2, 0.25) is 17.6 Å². The molecule has 0 saturated heterocycles. The first-order chi connectivity index (χ1) is 17.2. The van der Waals surface area contributed by atoms with Gasteiger partial charge in [-0.25, -0.2) is 9.97 Å². The predicted molar refractivity (Wildman–Crippen MR) is 127 cm³/mol. The van der Waals surface area contributed by atoms with Crippen LogP contribution in [0.1, 0.15) is 46.3 Å². The van der Waals surface area contributed by atoms with Crippen molar-refractivity contribution in [2.75, 3.05) is 13.7 Å². The van der Waals surface area contributed by atoms with E-state index >= 15 is 0 Å². The number of carboxylic acid groups (broad SMARTS) is 1. The number of nitrogens with one attached hydrogen (secondary N) is 2. The highest BCUT2D eigenvalue weighted by Crippen LogP contribution is 2.46. The molecule has 1 atom stereocenters. The van der Waals surface area contributed by atoms with Crippen LogP contribution < -0.4 is 15.4 Å². The van der Waals surface area contributed by atoms with Crippen molar-refractivity contribution in [1.29, 1.82) is 0 Å². The fraction of sp³-hybridized carbons (Fsp3) is 0.280. The summed E-state index contributed by atoms with van der Waals surface area (Å²) in [5, 5.41) is 24.5. The number of rotatable bonds is 9. The number of carboxylic acids is 1. The second-order valence-electron chi connectivity index (χ2n) is 8.58. The third-order valence-corrected chi connectivity index (χ3v) is 6.03. The summed E-state index contributed by atoms with van der Waals surface area (Å²) < 4.78 is 5.09. The number of methoxy groups -OCH3 is 1. The Labute approximate surface area is 206 Å².